The van der Waals surface area contributed by atoms with Gasteiger partial charge in [-0.1, -0.05) is 13.8 Å². The lowest BCUT2D eigenvalue weighted by Gasteiger charge is -2.57. The minimum absolute atomic E-state index is 0.0119. The molecule has 0 spiro atoms. The zero-order valence-electron chi connectivity index (χ0n) is 15.5. The lowest BCUT2D eigenvalue weighted by molar-refractivity contribution is -0.158. The van der Waals surface area contributed by atoms with Gasteiger partial charge in [-0.2, -0.15) is 0 Å². The number of halogens is 1. The molecule has 0 saturated heterocycles. The van der Waals surface area contributed by atoms with Gasteiger partial charge in [0.2, 0.25) is 0 Å². The Morgan fingerprint density at radius 3 is 2.64 bits per heavy atom. The summed E-state index contributed by atoms with van der Waals surface area (Å²) in [6.45, 7) is 5.94. The molecule has 0 heterocycles. The summed E-state index contributed by atoms with van der Waals surface area (Å²) in [5, 5.41) is 0. The maximum Gasteiger partial charge on any atom is 0.302 e. The zero-order chi connectivity index (χ0) is 18.0. The van der Waals surface area contributed by atoms with E-state index in [0.717, 1.165) is 37.7 Å². The van der Waals surface area contributed by atoms with E-state index in [9.17, 15) is 14.0 Å². The number of ketones is 1. The first-order valence-corrected chi connectivity index (χ1v) is 9.82. The van der Waals surface area contributed by atoms with Crippen LogP contribution in [0.15, 0.2) is 11.6 Å². The number of carbonyl (C=O) groups is 2. The normalized spacial score (nSPS) is 48.9. The van der Waals surface area contributed by atoms with Crippen molar-refractivity contribution in [2.45, 2.75) is 78.0 Å². The van der Waals surface area contributed by atoms with Gasteiger partial charge in [-0.15, -0.1) is 0 Å². The van der Waals surface area contributed by atoms with Crippen molar-refractivity contribution in [2.24, 2.45) is 28.6 Å². The number of carbonyl (C=O) groups excluding carboxylic acids is 2. The monoisotopic (exact) mass is 348 g/mol. The Morgan fingerprint density at radius 1 is 1.16 bits per heavy atom. The maximum atomic E-state index is 13.9. The number of hydrogen-bond acceptors (Lipinski definition) is 3. The van der Waals surface area contributed by atoms with Gasteiger partial charge in [0.15, 0.2) is 5.78 Å². The van der Waals surface area contributed by atoms with Crippen LogP contribution in [0.25, 0.3) is 0 Å². The van der Waals surface area contributed by atoms with Gasteiger partial charge in [-0.05, 0) is 67.8 Å². The number of ether oxygens (including phenoxy) is 1. The van der Waals surface area contributed by atoms with E-state index in [2.05, 4.69) is 13.8 Å². The Kier molecular flexibility index (Phi) is 3.90. The van der Waals surface area contributed by atoms with Crippen molar-refractivity contribution in [3.63, 3.8) is 0 Å². The number of alkyl halides is 1. The van der Waals surface area contributed by atoms with Crippen molar-refractivity contribution in [3.8, 4) is 0 Å². The quantitative estimate of drug-likeness (QED) is 0.660. The van der Waals surface area contributed by atoms with Crippen molar-refractivity contribution < 1.29 is 18.7 Å². The van der Waals surface area contributed by atoms with E-state index in [1.807, 2.05) is 0 Å². The van der Waals surface area contributed by atoms with Crippen LogP contribution in [0.3, 0.4) is 0 Å². The van der Waals surface area contributed by atoms with Gasteiger partial charge in [0.1, 0.15) is 12.3 Å². The molecule has 138 valence electrons. The van der Waals surface area contributed by atoms with Crippen LogP contribution < -0.4 is 0 Å². The van der Waals surface area contributed by atoms with Crippen molar-refractivity contribution in [3.05, 3.63) is 11.6 Å². The summed E-state index contributed by atoms with van der Waals surface area (Å²) in [6, 6.07) is 0. The molecular formula is C21H29FO3. The second-order valence-electron chi connectivity index (χ2n) is 9.28. The molecule has 7 atom stereocenters. The van der Waals surface area contributed by atoms with E-state index >= 15 is 0 Å². The van der Waals surface area contributed by atoms with Crippen LogP contribution >= 0.6 is 0 Å². The van der Waals surface area contributed by atoms with Crippen molar-refractivity contribution >= 4 is 11.8 Å². The average Bonchev–Trinajstić information content (AvgIpc) is 2.86. The minimum atomic E-state index is -0.961. The fourth-order valence-electron chi connectivity index (χ4n) is 6.86. The number of esters is 1. The molecule has 4 aliphatic rings. The Balaban J connectivity index is 1.66. The molecule has 25 heavy (non-hydrogen) atoms. The molecule has 0 unspecified atom stereocenters. The standard InChI is InChI=1S/C21H29FO3/c1-12(23)25-19-5-4-15-14-11-18(24)17-10-13(22)6-8-20(17,2)16(14)7-9-21(15,19)3/h10,13-16,19H,4-9,11H2,1-3H3/t13-,14-,15-,16-,19-,20+,21-/m0/s1. The topological polar surface area (TPSA) is 43.4 Å². The summed E-state index contributed by atoms with van der Waals surface area (Å²) < 4.78 is 19.5. The second-order valence-corrected chi connectivity index (χ2v) is 9.28. The van der Waals surface area contributed by atoms with Gasteiger partial charge in [-0.3, -0.25) is 9.59 Å². The number of allylic oxidation sites excluding steroid dienone is 2. The molecule has 4 aliphatic carbocycles. The summed E-state index contributed by atoms with van der Waals surface area (Å²) in [5.74, 6) is 1.20. The Morgan fingerprint density at radius 2 is 1.92 bits per heavy atom. The van der Waals surface area contributed by atoms with Gasteiger partial charge in [0.05, 0.1) is 0 Å². The Labute approximate surface area is 149 Å². The molecule has 0 aromatic rings. The molecule has 0 bridgehead atoms. The highest BCUT2D eigenvalue weighted by atomic mass is 19.1. The van der Waals surface area contributed by atoms with E-state index < -0.39 is 6.17 Å². The number of Topliss-reactive ketones (excluding diaryl/α,β-unsaturated/α-hetero) is 1. The summed E-state index contributed by atoms with van der Waals surface area (Å²) in [4.78, 5) is 24.4. The summed E-state index contributed by atoms with van der Waals surface area (Å²) in [7, 11) is 0. The fraction of sp³-hybridized carbons (Fsp3) is 0.810. The van der Waals surface area contributed by atoms with Crippen LogP contribution in [-0.2, 0) is 14.3 Å². The van der Waals surface area contributed by atoms with Gasteiger partial charge < -0.3 is 4.74 Å². The second kappa shape index (κ2) is 5.65. The van der Waals surface area contributed by atoms with Gasteiger partial charge in [0, 0.05) is 24.3 Å². The first-order valence-electron chi connectivity index (χ1n) is 9.82. The minimum Gasteiger partial charge on any atom is -0.462 e. The summed E-state index contributed by atoms with van der Waals surface area (Å²) >= 11 is 0. The molecule has 3 nitrogen and oxygen atoms in total. The highest BCUT2D eigenvalue weighted by Crippen LogP contribution is 2.65. The van der Waals surface area contributed by atoms with E-state index in [4.69, 9.17) is 4.74 Å². The molecule has 0 aromatic heterocycles. The highest BCUT2D eigenvalue weighted by Gasteiger charge is 2.61. The predicted molar refractivity (Wildman–Crippen MR) is 92.5 cm³/mol. The van der Waals surface area contributed by atoms with Crippen LogP contribution in [0.1, 0.15) is 65.7 Å². The average molecular weight is 348 g/mol. The van der Waals surface area contributed by atoms with Crippen molar-refractivity contribution in [2.75, 3.05) is 0 Å². The summed E-state index contributed by atoms with van der Waals surface area (Å²) in [5.41, 5.74) is 0.594. The largest absolute Gasteiger partial charge is 0.462 e. The lowest BCUT2D eigenvalue weighted by Crippen LogP contribution is -2.53. The SMILES string of the molecule is CC(=O)O[C@H]1CC[C@H]2[C@@H]3CC(=O)C4=C[C@@H](F)CC[C@]4(C)[C@H]3CC[C@]12C. The van der Waals surface area contributed by atoms with E-state index in [1.165, 1.54) is 6.92 Å². The molecular weight excluding hydrogens is 319 g/mol. The van der Waals surface area contributed by atoms with E-state index in [0.29, 0.717) is 30.6 Å². The van der Waals surface area contributed by atoms with Crippen molar-refractivity contribution in [1.29, 1.82) is 0 Å². The van der Waals surface area contributed by atoms with Crippen LogP contribution in [0.4, 0.5) is 4.39 Å². The molecule has 4 heteroatoms. The molecule has 0 radical (unpaired) electrons. The third kappa shape index (κ3) is 2.43. The van der Waals surface area contributed by atoms with Crippen LogP contribution in [0.5, 0.6) is 0 Å². The third-order valence-corrected chi connectivity index (χ3v) is 8.10. The molecule has 4 rings (SSSR count). The maximum absolute atomic E-state index is 13.9. The first-order chi connectivity index (χ1) is 11.8. The van der Waals surface area contributed by atoms with Crippen LogP contribution in [-0.4, -0.2) is 24.0 Å². The summed E-state index contributed by atoms with van der Waals surface area (Å²) in [6.07, 6.45) is 6.53. The zero-order valence-corrected chi connectivity index (χ0v) is 15.5. The fourth-order valence-corrected chi connectivity index (χ4v) is 6.86. The van der Waals surface area contributed by atoms with E-state index in [-0.39, 0.29) is 28.7 Å². The third-order valence-electron chi connectivity index (χ3n) is 8.10. The van der Waals surface area contributed by atoms with E-state index in [1.54, 1.807) is 6.08 Å². The first kappa shape index (κ1) is 17.2. The molecule has 3 fully saturated rings. The molecule has 0 amide bonds. The number of hydrogen-bond donors (Lipinski definition) is 0. The van der Waals surface area contributed by atoms with Crippen LogP contribution in [0, 0.1) is 28.6 Å². The predicted octanol–water partition coefficient (Wildman–Crippen LogP) is 4.40. The molecule has 0 N–H and O–H groups in total. The van der Waals surface area contributed by atoms with Gasteiger partial charge in [-0.25, -0.2) is 4.39 Å². The van der Waals surface area contributed by atoms with Crippen LogP contribution in [0.2, 0.25) is 0 Å². The molecule has 0 aromatic carbocycles. The number of rotatable bonds is 1. The lowest BCUT2D eigenvalue weighted by atomic mass is 9.47. The van der Waals surface area contributed by atoms with Gasteiger partial charge in [0.25, 0.3) is 0 Å². The molecule has 3 saturated carbocycles. The van der Waals surface area contributed by atoms with Gasteiger partial charge >= 0.3 is 5.97 Å². The number of fused-ring (bicyclic) bond motifs is 5. The molecule has 0 aliphatic heterocycles. The Bertz CT molecular complexity index is 641. The highest BCUT2D eigenvalue weighted by molar-refractivity contribution is 5.98. The Hall–Kier alpha value is -1.19. The van der Waals surface area contributed by atoms with Crippen molar-refractivity contribution in [1.82, 2.24) is 0 Å². The smallest absolute Gasteiger partial charge is 0.302 e.